The van der Waals surface area contributed by atoms with Crippen LogP contribution >= 0.6 is 0 Å². The van der Waals surface area contributed by atoms with Crippen LogP contribution in [0.4, 0.5) is 5.69 Å². The van der Waals surface area contributed by atoms with Crippen LogP contribution in [0.3, 0.4) is 0 Å². The molecule has 2 aromatic rings. The minimum Gasteiger partial charge on any atom is -0.491 e. The molecule has 0 saturated heterocycles. The summed E-state index contributed by atoms with van der Waals surface area (Å²) in [7, 11) is 3.99. The van der Waals surface area contributed by atoms with Gasteiger partial charge in [-0.1, -0.05) is 0 Å². The molecule has 116 valence electrons. The van der Waals surface area contributed by atoms with E-state index in [-0.39, 0.29) is 5.91 Å². The number of H-pyrrole nitrogens is 1. The van der Waals surface area contributed by atoms with Crippen molar-refractivity contribution in [1.82, 2.24) is 15.1 Å². The van der Waals surface area contributed by atoms with E-state index < -0.39 is 0 Å². The lowest BCUT2D eigenvalue weighted by Gasteiger charge is -2.19. The van der Waals surface area contributed by atoms with E-state index in [1.807, 2.05) is 38.1 Å². The Bertz CT molecular complexity index is 693. The van der Waals surface area contributed by atoms with Crippen molar-refractivity contribution in [1.29, 1.82) is 0 Å². The number of hydrogen-bond donors (Lipinski definition) is 1. The topological polar surface area (TPSA) is 61.5 Å². The summed E-state index contributed by atoms with van der Waals surface area (Å²) in [6.07, 6.45) is 0. The second kappa shape index (κ2) is 5.71. The van der Waals surface area contributed by atoms with Gasteiger partial charge in [0.15, 0.2) is 0 Å². The maximum absolute atomic E-state index is 12.6. The number of anilines is 1. The molecule has 0 bridgehead atoms. The predicted octanol–water partition coefficient (Wildman–Crippen LogP) is 1.82. The van der Waals surface area contributed by atoms with Gasteiger partial charge < -0.3 is 14.5 Å². The number of ether oxygens (including phenoxy) is 1. The van der Waals surface area contributed by atoms with Crippen molar-refractivity contribution in [3.8, 4) is 5.75 Å². The zero-order chi connectivity index (χ0) is 15.7. The highest BCUT2D eigenvalue weighted by Gasteiger charge is 2.23. The molecule has 22 heavy (non-hydrogen) atoms. The first kappa shape index (κ1) is 14.4. The number of rotatable bonds is 2. The highest BCUT2D eigenvalue weighted by Crippen LogP contribution is 2.28. The lowest BCUT2D eigenvalue weighted by Crippen LogP contribution is -2.32. The number of nitrogens with zero attached hydrogens (tertiary/aromatic N) is 3. The smallest absolute Gasteiger partial charge is 0.274 e. The van der Waals surface area contributed by atoms with Gasteiger partial charge in [-0.3, -0.25) is 9.89 Å². The van der Waals surface area contributed by atoms with Crippen LogP contribution < -0.4 is 9.64 Å². The monoisotopic (exact) mass is 300 g/mol. The Morgan fingerprint density at radius 3 is 2.86 bits per heavy atom. The summed E-state index contributed by atoms with van der Waals surface area (Å²) in [6.45, 7) is 3.45. The Morgan fingerprint density at radius 1 is 1.36 bits per heavy atom. The average Bonchev–Trinajstić information content (AvgIpc) is 2.81. The van der Waals surface area contributed by atoms with Gasteiger partial charge in [0.25, 0.3) is 5.91 Å². The van der Waals surface area contributed by atoms with Crippen molar-refractivity contribution in [3.05, 3.63) is 41.2 Å². The van der Waals surface area contributed by atoms with Gasteiger partial charge in [0.1, 0.15) is 18.1 Å². The van der Waals surface area contributed by atoms with Gasteiger partial charge in [-0.2, -0.15) is 5.10 Å². The van der Waals surface area contributed by atoms with Crippen LogP contribution in [0, 0.1) is 6.92 Å². The zero-order valence-corrected chi connectivity index (χ0v) is 13.1. The third-order valence-corrected chi connectivity index (χ3v) is 3.75. The second-order valence-corrected chi connectivity index (χ2v) is 5.70. The molecular weight excluding hydrogens is 280 g/mol. The highest BCUT2D eigenvalue weighted by atomic mass is 16.5. The van der Waals surface area contributed by atoms with Gasteiger partial charge in [-0.15, -0.1) is 0 Å². The van der Waals surface area contributed by atoms with Crippen LogP contribution in [0.15, 0.2) is 24.3 Å². The number of fused-ring (bicyclic) bond motifs is 1. The second-order valence-electron chi connectivity index (χ2n) is 5.70. The summed E-state index contributed by atoms with van der Waals surface area (Å²) < 4.78 is 5.76. The van der Waals surface area contributed by atoms with Crippen LogP contribution in [0.2, 0.25) is 0 Å². The van der Waals surface area contributed by atoms with E-state index in [1.54, 1.807) is 11.0 Å². The maximum atomic E-state index is 12.6. The van der Waals surface area contributed by atoms with Crippen LogP contribution in [0.25, 0.3) is 0 Å². The summed E-state index contributed by atoms with van der Waals surface area (Å²) in [5.41, 5.74) is 3.44. The Hall–Kier alpha value is -2.50. The number of carbonyl (C=O) groups excluding carboxylic acids is 1. The molecule has 0 aliphatic carbocycles. The number of hydrogen-bond acceptors (Lipinski definition) is 4. The summed E-state index contributed by atoms with van der Waals surface area (Å²) in [6, 6.07) is 7.83. The minimum absolute atomic E-state index is 0.0731. The van der Waals surface area contributed by atoms with E-state index in [4.69, 9.17) is 4.74 Å². The van der Waals surface area contributed by atoms with Gasteiger partial charge in [0, 0.05) is 37.6 Å². The van der Waals surface area contributed by atoms with Gasteiger partial charge in [-0.05, 0) is 31.2 Å². The number of benzene rings is 1. The van der Waals surface area contributed by atoms with Gasteiger partial charge >= 0.3 is 0 Å². The standard InChI is InChI=1S/C16H20N4O2/c1-11-8-14(18-17-11)16(21)20-6-7-22-15-5-4-13(19(2)3)9-12(15)10-20/h4-5,8-9H,6-7,10H2,1-3H3,(H,17,18). The molecule has 1 aromatic carbocycles. The Balaban J connectivity index is 1.87. The number of amides is 1. The zero-order valence-electron chi connectivity index (χ0n) is 13.1. The number of aromatic nitrogens is 2. The first-order chi connectivity index (χ1) is 10.5. The van der Waals surface area contributed by atoms with Crippen LogP contribution in [0.1, 0.15) is 21.7 Å². The fraction of sp³-hybridized carbons (Fsp3) is 0.375. The number of aryl methyl sites for hydroxylation is 1. The molecule has 6 nitrogen and oxygen atoms in total. The molecule has 1 N–H and O–H groups in total. The molecule has 0 spiro atoms. The molecule has 1 aliphatic heterocycles. The molecule has 0 fully saturated rings. The van der Waals surface area contributed by atoms with Crippen molar-refractivity contribution in [2.45, 2.75) is 13.5 Å². The molecule has 6 heteroatoms. The highest BCUT2D eigenvalue weighted by molar-refractivity contribution is 5.92. The van der Waals surface area contributed by atoms with Crippen molar-refractivity contribution in [3.63, 3.8) is 0 Å². The van der Waals surface area contributed by atoms with E-state index in [9.17, 15) is 4.79 Å². The number of carbonyl (C=O) groups is 1. The molecule has 0 radical (unpaired) electrons. The Kier molecular flexibility index (Phi) is 3.75. The summed E-state index contributed by atoms with van der Waals surface area (Å²) >= 11 is 0. The van der Waals surface area contributed by atoms with Crippen LogP contribution in [-0.4, -0.2) is 48.3 Å². The minimum atomic E-state index is -0.0731. The van der Waals surface area contributed by atoms with E-state index in [1.165, 1.54) is 0 Å². The molecule has 1 aliphatic rings. The fourth-order valence-electron chi connectivity index (χ4n) is 2.52. The van der Waals surface area contributed by atoms with Gasteiger partial charge in [0.05, 0.1) is 6.54 Å². The average molecular weight is 300 g/mol. The molecule has 1 aromatic heterocycles. The third-order valence-electron chi connectivity index (χ3n) is 3.75. The largest absolute Gasteiger partial charge is 0.491 e. The first-order valence-electron chi connectivity index (χ1n) is 7.29. The number of aromatic amines is 1. The molecular formula is C16H20N4O2. The van der Waals surface area contributed by atoms with Gasteiger partial charge in [-0.25, -0.2) is 0 Å². The van der Waals surface area contributed by atoms with Crippen molar-refractivity contribution in [2.75, 3.05) is 32.1 Å². The molecule has 0 atom stereocenters. The quantitative estimate of drug-likeness (QED) is 0.919. The van der Waals surface area contributed by atoms with Crippen molar-refractivity contribution >= 4 is 11.6 Å². The number of nitrogens with one attached hydrogen (secondary N) is 1. The van der Waals surface area contributed by atoms with E-state index in [0.717, 1.165) is 22.7 Å². The van der Waals surface area contributed by atoms with Gasteiger partial charge in [0.2, 0.25) is 0 Å². The van der Waals surface area contributed by atoms with Crippen molar-refractivity contribution < 1.29 is 9.53 Å². The third kappa shape index (κ3) is 2.77. The predicted molar refractivity (Wildman–Crippen MR) is 84.3 cm³/mol. The lowest BCUT2D eigenvalue weighted by molar-refractivity contribution is 0.0727. The molecule has 1 amide bonds. The van der Waals surface area contributed by atoms with Crippen LogP contribution in [-0.2, 0) is 6.54 Å². The Morgan fingerprint density at radius 2 is 2.18 bits per heavy atom. The van der Waals surface area contributed by atoms with E-state index in [0.29, 0.717) is 25.4 Å². The SMILES string of the molecule is Cc1cc(C(=O)N2CCOc3ccc(N(C)C)cc3C2)n[nH]1. The van der Waals surface area contributed by atoms with Crippen molar-refractivity contribution in [2.24, 2.45) is 0 Å². The normalized spacial score (nSPS) is 14.0. The van der Waals surface area contributed by atoms with E-state index in [2.05, 4.69) is 16.3 Å². The maximum Gasteiger partial charge on any atom is 0.274 e. The summed E-state index contributed by atoms with van der Waals surface area (Å²) in [5.74, 6) is 0.773. The molecule has 3 rings (SSSR count). The molecule has 0 saturated carbocycles. The fourth-order valence-corrected chi connectivity index (χ4v) is 2.52. The molecule has 0 unspecified atom stereocenters. The summed E-state index contributed by atoms with van der Waals surface area (Å²) in [4.78, 5) is 16.4. The first-order valence-corrected chi connectivity index (χ1v) is 7.29. The summed E-state index contributed by atoms with van der Waals surface area (Å²) in [5, 5.41) is 6.87. The van der Waals surface area contributed by atoms with E-state index >= 15 is 0 Å². The van der Waals surface area contributed by atoms with Crippen LogP contribution in [0.5, 0.6) is 5.75 Å². The molecule has 2 heterocycles. The lowest BCUT2D eigenvalue weighted by atomic mass is 10.1. The Labute approximate surface area is 129 Å².